The molecule has 2 heterocycles. The van der Waals surface area contributed by atoms with Crippen molar-refractivity contribution in [3.8, 4) is 0 Å². The van der Waals surface area contributed by atoms with Crippen LogP contribution in [0.3, 0.4) is 0 Å². The Balaban J connectivity index is 1.78. The fourth-order valence-electron chi connectivity index (χ4n) is 2.29. The molecule has 1 saturated heterocycles. The number of aryl methyl sites for hydroxylation is 1. The van der Waals surface area contributed by atoms with E-state index in [0.29, 0.717) is 6.04 Å². The predicted octanol–water partition coefficient (Wildman–Crippen LogP) is 3.47. The summed E-state index contributed by atoms with van der Waals surface area (Å²) in [5.74, 6) is 1.29. The zero-order valence-electron chi connectivity index (χ0n) is 10.3. The second-order valence-corrected chi connectivity index (χ2v) is 7.70. The lowest BCUT2D eigenvalue weighted by Crippen LogP contribution is -2.37. The highest BCUT2D eigenvalue weighted by Gasteiger charge is 2.22. The average molecular weight is 255 g/mol. The molecule has 1 aromatic rings. The van der Waals surface area contributed by atoms with Crippen molar-refractivity contribution in [3.05, 3.63) is 21.9 Å². The SMILES string of the molecule is Cc1ccc(CC(C)NC2CSC(C)C2)s1. The van der Waals surface area contributed by atoms with Crippen molar-refractivity contribution in [2.45, 2.75) is 50.9 Å². The van der Waals surface area contributed by atoms with Crippen LogP contribution >= 0.6 is 23.1 Å². The maximum Gasteiger partial charge on any atom is 0.0171 e. The first-order valence-corrected chi connectivity index (χ1v) is 7.93. The van der Waals surface area contributed by atoms with E-state index in [1.54, 1.807) is 0 Å². The van der Waals surface area contributed by atoms with Crippen molar-refractivity contribution >= 4 is 23.1 Å². The minimum Gasteiger partial charge on any atom is -0.310 e. The van der Waals surface area contributed by atoms with Gasteiger partial charge >= 0.3 is 0 Å². The lowest BCUT2D eigenvalue weighted by Gasteiger charge is -2.18. The van der Waals surface area contributed by atoms with Crippen LogP contribution < -0.4 is 5.32 Å². The zero-order chi connectivity index (χ0) is 11.5. The minimum absolute atomic E-state index is 0.606. The van der Waals surface area contributed by atoms with Gasteiger partial charge in [0.05, 0.1) is 0 Å². The van der Waals surface area contributed by atoms with Crippen molar-refractivity contribution in [2.24, 2.45) is 0 Å². The Morgan fingerprint density at radius 2 is 2.31 bits per heavy atom. The topological polar surface area (TPSA) is 12.0 Å². The summed E-state index contributed by atoms with van der Waals surface area (Å²) in [4.78, 5) is 2.93. The molecule has 0 aromatic carbocycles. The molecule has 1 aliphatic rings. The van der Waals surface area contributed by atoms with E-state index in [9.17, 15) is 0 Å². The Labute approximate surface area is 107 Å². The number of nitrogens with one attached hydrogen (secondary N) is 1. The fourth-order valence-corrected chi connectivity index (χ4v) is 4.47. The van der Waals surface area contributed by atoms with Crippen LogP contribution in [0.25, 0.3) is 0 Å². The van der Waals surface area contributed by atoms with Crippen molar-refractivity contribution in [2.75, 3.05) is 5.75 Å². The molecule has 90 valence electrons. The van der Waals surface area contributed by atoms with Gasteiger partial charge in [-0.1, -0.05) is 6.92 Å². The van der Waals surface area contributed by atoms with E-state index < -0.39 is 0 Å². The zero-order valence-corrected chi connectivity index (χ0v) is 12.0. The van der Waals surface area contributed by atoms with Crippen LogP contribution in [0.15, 0.2) is 12.1 Å². The largest absolute Gasteiger partial charge is 0.310 e. The van der Waals surface area contributed by atoms with E-state index in [1.165, 1.54) is 28.3 Å². The summed E-state index contributed by atoms with van der Waals surface area (Å²) in [6.45, 7) is 6.82. The molecule has 16 heavy (non-hydrogen) atoms. The Morgan fingerprint density at radius 3 is 2.88 bits per heavy atom. The second-order valence-electron chi connectivity index (χ2n) is 4.86. The predicted molar refractivity (Wildman–Crippen MR) is 75.7 cm³/mol. The van der Waals surface area contributed by atoms with Gasteiger partial charge in [0.2, 0.25) is 0 Å². The van der Waals surface area contributed by atoms with E-state index >= 15 is 0 Å². The Bertz CT molecular complexity index is 334. The lowest BCUT2D eigenvalue weighted by molar-refractivity contribution is 0.462. The maximum atomic E-state index is 3.75. The van der Waals surface area contributed by atoms with Crippen molar-refractivity contribution in [3.63, 3.8) is 0 Å². The third kappa shape index (κ3) is 3.51. The van der Waals surface area contributed by atoms with Crippen molar-refractivity contribution < 1.29 is 0 Å². The van der Waals surface area contributed by atoms with Crippen LogP contribution in [0.4, 0.5) is 0 Å². The molecule has 3 unspecified atom stereocenters. The standard InChI is InChI=1S/C13H21NS2/c1-9(6-13-5-4-10(2)16-13)14-12-7-11(3)15-8-12/h4-5,9,11-12,14H,6-8H2,1-3H3. The summed E-state index contributed by atoms with van der Waals surface area (Å²) in [7, 11) is 0. The van der Waals surface area contributed by atoms with Crippen LogP contribution in [0.2, 0.25) is 0 Å². The Morgan fingerprint density at radius 1 is 1.50 bits per heavy atom. The van der Waals surface area contributed by atoms with Gasteiger partial charge in [-0.3, -0.25) is 0 Å². The summed E-state index contributed by atoms with van der Waals surface area (Å²) in [5.41, 5.74) is 0. The molecule has 0 radical (unpaired) electrons. The quantitative estimate of drug-likeness (QED) is 0.884. The molecule has 0 saturated carbocycles. The molecule has 3 heteroatoms. The molecule has 1 fully saturated rings. The van der Waals surface area contributed by atoms with Crippen LogP contribution in [0, 0.1) is 6.92 Å². The van der Waals surface area contributed by atoms with Crippen LogP contribution in [0.1, 0.15) is 30.0 Å². The number of rotatable bonds is 4. The maximum absolute atomic E-state index is 3.75. The molecular weight excluding hydrogens is 234 g/mol. The van der Waals surface area contributed by atoms with Gasteiger partial charge in [0, 0.05) is 32.8 Å². The van der Waals surface area contributed by atoms with Gasteiger partial charge in [-0.15, -0.1) is 11.3 Å². The average Bonchev–Trinajstić information content (AvgIpc) is 2.76. The lowest BCUT2D eigenvalue weighted by atomic mass is 10.1. The fraction of sp³-hybridized carbons (Fsp3) is 0.692. The van der Waals surface area contributed by atoms with Gasteiger partial charge in [0.1, 0.15) is 0 Å². The Hall–Kier alpha value is 0.01000. The summed E-state index contributed by atoms with van der Waals surface area (Å²) in [5, 5.41) is 4.59. The monoisotopic (exact) mass is 255 g/mol. The molecule has 0 amide bonds. The van der Waals surface area contributed by atoms with E-state index in [2.05, 4.69) is 50.0 Å². The highest BCUT2D eigenvalue weighted by atomic mass is 32.2. The minimum atomic E-state index is 0.606. The highest BCUT2D eigenvalue weighted by molar-refractivity contribution is 8.00. The number of hydrogen-bond donors (Lipinski definition) is 1. The van der Waals surface area contributed by atoms with E-state index in [4.69, 9.17) is 0 Å². The van der Waals surface area contributed by atoms with Gasteiger partial charge < -0.3 is 5.32 Å². The molecule has 1 nitrogen and oxygen atoms in total. The van der Waals surface area contributed by atoms with Gasteiger partial charge in [-0.25, -0.2) is 0 Å². The van der Waals surface area contributed by atoms with E-state index in [0.717, 1.165) is 11.3 Å². The third-order valence-corrected chi connectivity index (χ3v) is 5.40. The molecule has 1 aliphatic heterocycles. The first-order valence-electron chi connectivity index (χ1n) is 6.06. The van der Waals surface area contributed by atoms with Gasteiger partial charge in [0.25, 0.3) is 0 Å². The molecule has 0 bridgehead atoms. The molecular formula is C13H21NS2. The number of thioether (sulfide) groups is 1. The smallest absolute Gasteiger partial charge is 0.0171 e. The van der Waals surface area contributed by atoms with Gasteiger partial charge in [-0.2, -0.15) is 11.8 Å². The highest BCUT2D eigenvalue weighted by Crippen LogP contribution is 2.26. The molecule has 0 spiro atoms. The summed E-state index contributed by atoms with van der Waals surface area (Å²) in [6.07, 6.45) is 2.51. The number of hydrogen-bond acceptors (Lipinski definition) is 3. The second kappa shape index (κ2) is 5.56. The normalized spacial score (nSPS) is 27.2. The first kappa shape index (κ1) is 12.5. The summed E-state index contributed by atoms with van der Waals surface area (Å²) in [6, 6.07) is 5.83. The van der Waals surface area contributed by atoms with Crippen molar-refractivity contribution in [1.29, 1.82) is 0 Å². The molecule has 3 atom stereocenters. The van der Waals surface area contributed by atoms with Crippen LogP contribution in [-0.2, 0) is 6.42 Å². The van der Waals surface area contributed by atoms with Crippen molar-refractivity contribution in [1.82, 2.24) is 5.32 Å². The molecule has 1 N–H and O–H groups in total. The van der Waals surface area contributed by atoms with Gasteiger partial charge in [0.15, 0.2) is 0 Å². The van der Waals surface area contributed by atoms with E-state index in [-0.39, 0.29) is 0 Å². The first-order chi connectivity index (χ1) is 7.63. The molecule has 1 aromatic heterocycles. The van der Waals surface area contributed by atoms with Gasteiger partial charge in [-0.05, 0) is 38.8 Å². The summed E-state index contributed by atoms with van der Waals surface area (Å²) < 4.78 is 0. The summed E-state index contributed by atoms with van der Waals surface area (Å²) >= 11 is 4.03. The third-order valence-electron chi connectivity index (χ3n) is 3.02. The number of thiophene rings is 1. The van der Waals surface area contributed by atoms with Crippen LogP contribution in [0.5, 0.6) is 0 Å². The molecule has 2 rings (SSSR count). The Kier molecular flexibility index (Phi) is 4.34. The van der Waals surface area contributed by atoms with Crippen LogP contribution in [-0.4, -0.2) is 23.1 Å². The molecule has 0 aliphatic carbocycles. The van der Waals surface area contributed by atoms with E-state index in [1.807, 2.05) is 11.3 Å².